The van der Waals surface area contributed by atoms with Crippen molar-refractivity contribution in [3.8, 4) is 0 Å². The molecule has 0 aromatic rings. The van der Waals surface area contributed by atoms with Crippen molar-refractivity contribution in [3.05, 3.63) is 12.7 Å². The second kappa shape index (κ2) is 5.87. The van der Waals surface area contributed by atoms with Gasteiger partial charge in [0.15, 0.2) is 11.4 Å². The van der Waals surface area contributed by atoms with E-state index in [2.05, 4.69) is 39.6 Å². The first-order valence-electron chi connectivity index (χ1n) is 8.44. The summed E-state index contributed by atoms with van der Waals surface area (Å²) in [4.78, 5) is 11.7. The predicted octanol–water partition coefficient (Wildman–Crippen LogP) is 2.94. The molecule has 2 unspecified atom stereocenters. The lowest BCUT2D eigenvalue weighted by Crippen LogP contribution is -2.69. The van der Waals surface area contributed by atoms with E-state index in [1.165, 1.54) is 6.08 Å². The van der Waals surface area contributed by atoms with Crippen LogP contribution in [-0.2, 0) is 19.0 Å². The summed E-state index contributed by atoms with van der Waals surface area (Å²) in [6.45, 7) is 16.4. The monoisotopic (exact) mass is 325 g/mol. The average Bonchev–Trinajstić information content (AvgIpc) is 2.38. The minimum atomic E-state index is -0.754. The van der Waals surface area contributed by atoms with Crippen LogP contribution < -0.4 is 5.32 Å². The van der Waals surface area contributed by atoms with Crippen molar-refractivity contribution in [3.63, 3.8) is 0 Å². The molecule has 2 atom stereocenters. The first-order valence-corrected chi connectivity index (χ1v) is 8.44. The summed E-state index contributed by atoms with van der Waals surface area (Å²) < 4.78 is 18.2. The number of ether oxygens (including phenoxy) is 3. The van der Waals surface area contributed by atoms with Crippen molar-refractivity contribution < 1.29 is 19.0 Å². The second-order valence-corrected chi connectivity index (χ2v) is 8.25. The molecule has 1 N–H and O–H groups in total. The van der Waals surface area contributed by atoms with Crippen molar-refractivity contribution in [1.82, 2.24) is 5.32 Å². The zero-order valence-corrected chi connectivity index (χ0v) is 15.3. The van der Waals surface area contributed by atoms with Gasteiger partial charge in [0, 0.05) is 30.0 Å². The third-order valence-electron chi connectivity index (χ3n) is 4.88. The third-order valence-corrected chi connectivity index (χ3v) is 4.88. The Labute approximate surface area is 139 Å². The molecule has 2 fully saturated rings. The van der Waals surface area contributed by atoms with Crippen molar-refractivity contribution >= 4 is 5.97 Å². The highest BCUT2D eigenvalue weighted by atomic mass is 16.7. The van der Waals surface area contributed by atoms with Gasteiger partial charge in [-0.25, -0.2) is 4.79 Å². The van der Waals surface area contributed by atoms with Gasteiger partial charge in [-0.1, -0.05) is 13.5 Å². The van der Waals surface area contributed by atoms with Crippen LogP contribution in [0, 0.1) is 0 Å². The highest BCUT2D eigenvalue weighted by molar-refractivity contribution is 5.81. The van der Waals surface area contributed by atoms with Crippen LogP contribution >= 0.6 is 0 Å². The zero-order chi connectivity index (χ0) is 17.5. The standard InChI is InChI=1S/C18H31NO4/c1-8-14(20)23-17(9-2)12-21-18(22-13(17)3)10-15(4,5)19-16(6,7)11-18/h8,13,19H,1,9-12H2,2-7H3. The third kappa shape index (κ3) is 3.78. The summed E-state index contributed by atoms with van der Waals surface area (Å²) in [6.07, 6.45) is 3.08. The zero-order valence-electron chi connectivity index (χ0n) is 15.3. The molecule has 132 valence electrons. The molecule has 23 heavy (non-hydrogen) atoms. The van der Waals surface area contributed by atoms with Crippen molar-refractivity contribution in [2.75, 3.05) is 6.61 Å². The van der Waals surface area contributed by atoms with Gasteiger partial charge in [0.05, 0.1) is 6.61 Å². The molecular weight excluding hydrogens is 294 g/mol. The van der Waals surface area contributed by atoms with E-state index in [1.807, 2.05) is 13.8 Å². The lowest BCUT2D eigenvalue weighted by Gasteiger charge is -2.57. The number of piperidine rings is 1. The first kappa shape index (κ1) is 18.4. The molecule has 0 radical (unpaired) electrons. The largest absolute Gasteiger partial charge is 0.451 e. The van der Waals surface area contributed by atoms with E-state index in [4.69, 9.17) is 14.2 Å². The van der Waals surface area contributed by atoms with Gasteiger partial charge >= 0.3 is 5.97 Å². The maximum Gasteiger partial charge on any atom is 0.330 e. The van der Waals surface area contributed by atoms with Crippen LogP contribution in [0.5, 0.6) is 0 Å². The van der Waals surface area contributed by atoms with Gasteiger partial charge < -0.3 is 19.5 Å². The van der Waals surface area contributed by atoms with E-state index in [0.717, 1.165) is 12.8 Å². The summed E-state index contributed by atoms with van der Waals surface area (Å²) in [5, 5.41) is 3.64. The number of hydrogen-bond donors (Lipinski definition) is 1. The van der Waals surface area contributed by atoms with E-state index < -0.39 is 17.4 Å². The molecule has 2 heterocycles. The Bertz CT molecular complexity index is 469. The Kier molecular flexibility index (Phi) is 4.70. The number of hydrogen-bond acceptors (Lipinski definition) is 5. The molecule has 2 rings (SSSR count). The Hall–Kier alpha value is -0.910. The molecule has 0 aromatic carbocycles. The lowest BCUT2D eigenvalue weighted by atomic mass is 9.77. The number of esters is 1. The van der Waals surface area contributed by atoms with Gasteiger partial charge in [-0.2, -0.15) is 0 Å². The molecule has 5 heteroatoms. The SMILES string of the molecule is C=CC(=O)OC1(CC)COC2(CC(C)(C)NC(C)(C)C2)OC1C. The number of nitrogens with one attached hydrogen (secondary N) is 1. The molecule has 2 aliphatic heterocycles. The molecule has 0 aliphatic carbocycles. The van der Waals surface area contributed by atoms with E-state index in [9.17, 15) is 4.79 Å². The summed E-state index contributed by atoms with van der Waals surface area (Å²) in [6, 6.07) is 0. The van der Waals surface area contributed by atoms with Gasteiger partial charge in [-0.3, -0.25) is 0 Å². The quantitative estimate of drug-likeness (QED) is 0.639. The van der Waals surface area contributed by atoms with Crippen LogP contribution in [0.15, 0.2) is 12.7 Å². The predicted molar refractivity (Wildman–Crippen MR) is 89.1 cm³/mol. The number of carbonyl (C=O) groups is 1. The van der Waals surface area contributed by atoms with Crippen LogP contribution in [-0.4, -0.2) is 41.1 Å². The molecule has 0 aromatic heterocycles. The molecule has 1 spiro atoms. The van der Waals surface area contributed by atoms with Gasteiger partial charge in [-0.05, 0) is 41.0 Å². The fourth-order valence-electron chi connectivity index (χ4n) is 4.25. The molecule has 0 bridgehead atoms. The van der Waals surface area contributed by atoms with Crippen LogP contribution in [0.1, 0.15) is 60.8 Å². The summed E-state index contributed by atoms with van der Waals surface area (Å²) >= 11 is 0. The summed E-state index contributed by atoms with van der Waals surface area (Å²) in [5.74, 6) is -1.08. The minimum absolute atomic E-state index is 0.0918. The van der Waals surface area contributed by atoms with E-state index in [-0.39, 0.29) is 17.2 Å². The van der Waals surface area contributed by atoms with Crippen molar-refractivity contribution in [2.45, 2.75) is 89.4 Å². The fourth-order valence-corrected chi connectivity index (χ4v) is 4.25. The Balaban J connectivity index is 2.22. The van der Waals surface area contributed by atoms with Crippen molar-refractivity contribution in [2.24, 2.45) is 0 Å². The Morgan fingerprint density at radius 1 is 1.30 bits per heavy atom. The van der Waals surface area contributed by atoms with Gasteiger partial charge in [0.1, 0.15) is 6.10 Å². The normalized spacial score (nSPS) is 34.8. The number of rotatable bonds is 3. The van der Waals surface area contributed by atoms with Crippen LogP contribution in [0.3, 0.4) is 0 Å². The van der Waals surface area contributed by atoms with Crippen LogP contribution in [0.2, 0.25) is 0 Å². The smallest absolute Gasteiger partial charge is 0.330 e. The molecule has 2 saturated heterocycles. The maximum absolute atomic E-state index is 11.7. The van der Waals surface area contributed by atoms with Crippen LogP contribution in [0.4, 0.5) is 0 Å². The topological polar surface area (TPSA) is 56.8 Å². The van der Waals surface area contributed by atoms with E-state index in [0.29, 0.717) is 13.0 Å². The fraction of sp³-hybridized carbons (Fsp3) is 0.833. The highest BCUT2D eigenvalue weighted by Gasteiger charge is 2.56. The average molecular weight is 325 g/mol. The van der Waals surface area contributed by atoms with Crippen molar-refractivity contribution in [1.29, 1.82) is 0 Å². The van der Waals surface area contributed by atoms with Gasteiger partial charge in [-0.15, -0.1) is 0 Å². The maximum atomic E-state index is 11.7. The van der Waals surface area contributed by atoms with E-state index >= 15 is 0 Å². The van der Waals surface area contributed by atoms with E-state index in [1.54, 1.807) is 0 Å². The van der Waals surface area contributed by atoms with Gasteiger partial charge in [0.2, 0.25) is 0 Å². The molecule has 0 amide bonds. The Morgan fingerprint density at radius 2 is 1.87 bits per heavy atom. The molecule has 2 aliphatic rings. The summed E-state index contributed by atoms with van der Waals surface area (Å²) in [7, 11) is 0. The molecule has 0 saturated carbocycles. The summed E-state index contributed by atoms with van der Waals surface area (Å²) in [5.41, 5.74) is -0.938. The van der Waals surface area contributed by atoms with Crippen LogP contribution in [0.25, 0.3) is 0 Å². The molecule has 5 nitrogen and oxygen atoms in total. The second-order valence-electron chi connectivity index (χ2n) is 8.25. The highest BCUT2D eigenvalue weighted by Crippen LogP contribution is 2.45. The minimum Gasteiger partial charge on any atom is -0.451 e. The molecular formula is C18H31NO4. The first-order chi connectivity index (χ1) is 10.5. The van der Waals surface area contributed by atoms with Gasteiger partial charge in [0.25, 0.3) is 0 Å². The lowest BCUT2D eigenvalue weighted by molar-refractivity contribution is -0.364. The Morgan fingerprint density at radius 3 is 2.30 bits per heavy atom. The number of carbonyl (C=O) groups excluding carboxylic acids is 1.